The van der Waals surface area contributed by atoms with Crippen LogP contribution in [0, 0.1) is 17.2 Å². The second-order valence-corrected chi connectivity index (χ2v) is 11.3. The van der Waals surface area contributed by atoms with Gasteiger partial charge in [-0.3, -0.25) is 24.1 Å². The zero-order valence-corrected chi connectivity index (χ0v) is 24.0. The van der Waals surface area contributed by atoms with Gasteiger partial charge in [-0.15, -0.1) is 0 Å². The third-order valence-electron chi connectivity index (χ3n) is 8.74. The fourth-order valence-corrected chi connectivity index (χ4v) is 6.13. The lowest BCUT2D eigenvalue weighted by Gasteiger charge is -2.46. The second kappa shape index (κ2) is 11.0. The van der Waals surface area contributed by atoms with E-state index in [1.54, 1.807) is 45.0 Å². The summed E-state index contributed by atoms with van der Waals surface area (Å²) in [6.45, 7) is 5.18. The molecule has 1 spiro atoms. The van der Waals surface area contributed by atoms with Gasteiger partial charge in [0.2, 0.25) is 17.7 Å². The highest BCUT2D eigenvalue weighted by Crippen LogP contribution is 2.55. The van der Waals surface area contributed by atoms with Gasteiger partial charge in [0.05, 0.1) is 29.1 Å². The van der Waals surface area contributed by atoms with Crippen LogP contribution in [0.2, 0.25) is 0 Å². The van der Waals surface area contributed by atoms with Crippen molar-refractivity contribution < 1.29 is 41.5 Å². The van der Waals surface area contributed by atoms with Crippen LogP contribution in [-0.4, -0.2) is 66.7 Å². The maximum Gasteiger partial charge on any atom is 0.416 e. The number of hydrogen-bond donors (Lipinski definition) is 1. The van der Waals surface area contributed by atoms with E-state index in [1.165, 1.54) is 19.1 Å². The van der Waals surface area contributed by atoms with Gasteiger partial charge in [-0.05, 0) is 61.6 Å². The van der Waals surface area contributed by atoms with Crippen molar-refractivity contribution in [3.05, 3.63) is 65.0 Å². The minimum Gasteiger partial charge on any atom is -0.497 e. The summed E-state index contributed by atoms with van der Waals surface area (Å²) in [6.07, 6.45) is -4.48. The average molecular weight is 592 g/mol. The van der Waals surface area contributed by atoms with Gasteiger partial charge in [0, 0.05) is 20.1 Å². The summed E-state index contributed by atoms with van der Waals surface area (Å²) in [4.78, 5) is 56.2. The van der Waals surface area contributed by atoms with Crippen molar-refractivity contribution in [2.75, 3.05) is 27.2 Å². The topological polar surface area (TPSA) is 96.0 Å². The summed E-state index contributed by atoms with van der Waals surface area (Å²) in [5, 5.41) is 2.41. The number of amides is 4. The predicted molar refractivity (Wildman–Crippen MR) is 144 cm³/mol. The fraction of sp³-hybridized carbons (Fsp3) is 0.467. The summed E-state index contributed by atoms with van der Waals surface area (Å²) in [5.41, 5.74) is -3.77. The van der Waals surface area contributed by atoms with Crippen molar-refractivity contribution in [3.8, 4) is 5.75 Å². The van der Waals surface area contributed by atoms with E-state index in [4.69, 9.17) is 4.74 Å². The minimum absolute atomic E-state index is 0.0856. The highest BCUT2D eigenvalue weighted by molar-refractivity contribution is 6.12. The van der Waals surface area contributed by atoms with Crippen LogP contribution >= 0.6 is 0 Å². The van der Waals surface area contributed by atoms with E-state index in [2.05, 4.69) is 5.32 Å². The number of carbonyl (C=O) groups is 4. The third kappa shape index (κ3) is 5.00. The molecule has 0 bridgehead atoms. The molecule has 0 aliphatic carbocycles. The number of nitrogens with one attached hydrogen (secondary N) is 1. The van der Waals surface area contributed by atoms with Gasteiger partial charge < -0.3 is 15.0 Å². The SMILES string of the molecule is COc1cccc(C2(C)C(=O)N(C)C(=O)C23CCN(C(=O)[C@H](NC(=O)c2cc(C(F)(F)F)ccc2F)C(C)C)CC3)c1. The molecule has 4 amide bonds. The van der Waals surface area contributed by atoms with E-state index in [1.807, 2.05) is 0 Å². The Morgan fingerprint density at radius 1 is 1.02 bits per heavy atom. The summed E-state index contributed by atoms with van der Waals surface area (Å²) >= 11 is 0. The molecule has 12 heteroatoms. The molecule has 2 atom stereocenters. The quantitative estimate of drug-likeness (QED) is 0.402. The zero-order chi connectivity index (χ0) is 31.2. The van der Waals surface area contributed by atoms with Gasteiger partial charge in [-0.2, -0.15) is 13.2 Å². The second-order valence-electron chi connectivity index (χ2n) is 11.3. The number of hydrogen-bond acceptors (Lipinski definition) is 5. The van der Waals surface area contributed by atoms with Crippen molar-refractivity contribution in [1.82, 2.24) is 15.1 Å². The molecule has 2 aromatic rings. The Morgan fingerprint density at radius 2 is 1.67 bits per heavy atom. The Bertz CT molecular complexity index is 1420. The number of benzene rings is 2. The first-order valence-corrected chi connectivity index (χ1v) is 13.5. The number of carbonyl (C=O) groups excluding carboxylic acids is 4. The number of likely N-dealkylation sites (N-methyl/N-ethyl adjacent to an activating group) is 1. The molecule has 2 aliphatic rings. The number of alkyl halides is 3. The highest BCUT2D eigenvalue weighted by atomic mass is 19.4. The Balaban J connectivity index is 1.57. The van der Waals surface area contributed by atoms with Gasteiger partial charge in [-0.25, -0.2) is 4.39 Å². The van der Waals surface area contributed by atoms with E-state index in [-0.39, 0.29) is 37.7 Å². The Hall–Kier alpha value is -3.96. The molecule has 2 aliphatic heterocycles. The van der Waals surface area contributed by atoms with Gasteiger partial charge in [-0.1, -0.05) is 26.0 Å². The molecule has 42 heavy (non-hydrogen) atoms. The zero-order valence-electron chi connectivity index (χ0n) is 24.0. The van der Waals surface area contributed by atoms with E-state index in [0.717, 1.165) is 4.90 Å². The van der Waals surface area contributed by atoms with Gasteiger partial charge >= 0.3 is 6.18 Å². The molecule has 2 aromatic carbocycles. The monoisotopic (exact) mass is 591 g/mol. The summed E-state index contributed by atoms with van der Waals surface area (Å²) in [7, 11) is 2.94. The molecule has 2 fully saturated rings. The fourth-order valence-electron chi connectivity index (χ4n) is 6.13. The van der Waals surface area contributed by atoms with E-state index in [9.17, 15) is 36.7 Å². The van der Waals surface area contributed by atoms with Crippen LogP contribution in [0.25, 0.3) is 0 Å². The van der Waals surface area contributed by atoms with Crippen LogP contribution in [0.4, 0.5) is 17.6 Å². The molecule has 2 heterocycles. The molecule has 4 rings (SSSR count). The number of piperidine rings is 1. The average Bonchev–Trinajstić information content (AvgIpc) is 3.09. The maximum absolute atomic E-state index is 14.4. The number of halogens is 4. The number of likely N-dealkylation sites (tertiary alicyclic amines) is 2. The molecule has 1 unspecified atom stereocenters. The van der Waals surface area contributed by atoms with Crippen LogP contribution in [0.15, 0.2) is 42.5 Å². The summed E-state index contributed by atoms with van der Waals surface area (Å²) in [5.74, 6) is -3.50. The summed E-state index contributed by atoms with van der Waals surface area (Å²) in [6, 6.07) is 7.30. The number of imide groups is 1. The van der Waals surface area contributed by atoms with Gasteiger partial charge in [0.1, 0.15) is 17.6 Å². The molecule has 8 nitrogen and oxygen atoms in total. The van der Waals surface area contributed by atoms with Crippen molar-refractivity contribution in [1.29, 1.82) is 0 Å². The van der Waals surface area contributed by atoms with Crippen LogP contribution in [-0.2, 0) is 26.0 Å². The largest absolute Gasteiger partial charge is 0.497 e. The normalized spacial score (nSPS) is 21.2. The molecule has 2 saturated heterocycles. The van der Waals surface area contributed by atoms with Crippen LogP contribution < -0.4 is 10.1 Å². The lowest BCUT2D eigenvalue weighted by atomic mass is 9.58. The smallest absolute Gasteiger partial charge is 0.416 e. The standard InChI is InChI=1S/C30H33F4N3O5/c1-17(2)23(35-24(38)21-16-19(30(32,33)34)9-10-22(21)31)25(39)37-13-11-29(12-14-37)27(41)36(4)26(40)28(29,3)18-7-6-8-20(15-18)42-5/h6-10,15-17,23H,11-14H2,1-5H3,(H,35,38)/t23-,28?/m1/s1. The molecule has 0 aromatic heterocycles. The lowest BCUT2D eigenvalue weighted by molar-refractivity contribution is -0.145. The minimum atomic E-state index is -4.79. The van der Waals surface area contributed by atoms with Crippen LogP contribution in [0.5, 0.6) is 5.75 Å². The number of ether oxygens (including phenoxy) is 1. The molecular formula is C30H33F4N3O5. The number of rotatable bonds is 6. The van der Waals surface area contributed by atoms with Crippen molar-refractivity contribution in [2.24, 2.45) is 11.3 Å². The van der Waals surface area contributed by atoms with Crippen LogP contribution in [0.1, 0.15) is 55.1 Å². The number of methoxy groups -OCH3 is 1. The molecule has 0 saturated carbocycles. The Morgan fingerprint density at radius 3 is 2.24 bits per heavy atom. The molecule has 226 valence electrons. The molecular weight excluding hydrogens is 558 g/mol. The first-order chi connectivity index (χ1) is 19.6. The summed E-state index contributed by atoms with van der Waals surface area (Å²) < 4.78 is 59.2. The van der Waals surface area contributed by atoms with Crippen molar-refractivity contribution in [2.45, 2.75) is 51.2 Å². The highest BCUT2D eigenvalue weighted by Gasteiger charge is 2.67. The molecule has 0 radical (unpaired) electrons. The third-order valence-corrected chi connectivity index (χ3v) is 8.74. The molecule has 1 N–H and O–H groups in total. The predicted octanol–water partition coefficient (Wildman–Crippen LogP) is 4.17. The maximum atomic E-state index is 14.4. The Kier molecular flexibility index (Phi) is 8.14. The Labute approximate surface area is 241 Å². The first-order valence-electron chi connectivity index (χ1n) is 13.5. The van der Waals surface area contributed by atoms with E-state index < -0.39 is 57.7 Å². The van der Waals surface area contributed by atoms with E-state index >= 15 is 0 Å². The first kappa shape index (κ1) is 31.0. The van der Waals surface area contributed by atoms with Gasteiger partial charge in [0.25, 0.3) is 5.91 Å². The van der Waals surface area contributed by atoms with Gasteiger partial charge in [0.15, 0.2) is 0 Å². The van der Waals surface area contributed by atoms with E-state index in [0.29, 0.717) is 29.5 Å². The van der Waals surface area contributed by atoms with Crippen molar-refractivity contribution >= 4 is 23.6 Å². The number of nitrogens with zero attached hydrogens (tertiary/aromatic N) is 2. The van der Waals surface area contributed by atoms with Crippen LogP contribution in [0.3, 0.4) is 0 Å². The van der Waals surface area contributed by atoms with Crippen molar-refractivity contribution in [3.63, 3.8) is 0 Å². The lowest BCUT2D eigenvalue weighted by Crippen LogP contribution is -2.57.